The van der Waals surface area contributed by atoms with Crippen LogP contribution < -0.4 is 10.5 Å². The number of aromatic nitrogens is 4. The first-order valence-electron chi connectivity index (χ1n) is 7.78. The summed E-state index contributed by atoms with van der Waals surface area (Å²) in [6.07, 6.45) is -4.18. The van der Waals surface area contributed by atoms with Gasteiger partial charge in [0.2, 0.25) is 10.0 Å². The van der Waals surface area contributed by atoms with E-state index in [1.54, 1.807) is 6.07 Å². The van der Waals surface area contributed by atoms with Crippen molar-refractivity contribution in [2.45, 2.75) is 30.5 Å². The molecular formula is C15H15F3N6O2S. The van der Waals surface area contributed by atoms with Gasteiger partial charge in [0.15, 0.2) is 5.65 Å². The fourth-order valence-electron chi connectivity index (χ4n) is 2.55. The highest BCUT2D eigenvalue weighted by Crippen LogP contribution is 2.28. The van der Waals surface area contributed by atoms with Crippen molar-refractivity contribution in [3.8, 4) is 0 Å². The van der Waals surface area contributed by atoms with E-state index < -0.39 is 28.1 Å². The van der Waals surface area contributed by atoms with Crippen LogP contribution in [0.2, 0.25) is 0 Å². The van der Waals surface area contributed by atoms with Crippen molar-refractivity contribution in [3.63, 3.8) is 0 Å². The monoisotopic (exact) mass is 400 g/mol. The van der Waals surface area contributed by atoms with Crippen LogP contribution in [-0.2, 0) is 16.2 Å². The number of anilines is 1. The number of fused-ring (bicyclic) bond motifs is 1. The summed E-state index contributed by atoms with van der Waals surface area (Å²) in [7, 11) is -3.87. The van der Waals surface area contributed by atoms with E-state index in [4.69, 9.17) is 5.14 Å². The van der Waals surface area contributed by atoms with Crippen LogP contribution in [0.1, 0.15) is 30.8 Å². The lowest BCUT2D eigenvalue weighted by molar-refractivity contribution is -0.146. The number of benzene rings is 1. The van der Waals surface area contributed by atoms with Crippen LogP contribution in [0.5, 0.6) is 0 Å². The Balaban J connectivity index is 1.95. The van der Waals surface area contributed by atoms with Crippen molar-refractivity contribution >= 4 is 21.5 Å². The molecule has 1 aromatic carbocycles. The van der Waals surface area contributed by atoms with Crippen LogP contribution in [0.15, 0.2) is 41.3 Å². The van der Waals surface area contributed by atoms with E-state index in [0.717, 1.165) is 0 Å². The van der Waals surface area contributed by atoms with Crippen molar-refractivity contribution in [2.24, 2.45) is 5.14 Å². The van der Waals surface area contributed by atoms with Crippen LogP contribution in [0.4, 0.5) is 19.0 Å². The molecule has 0 aliphatic rings. The summed E-state index contributed by atoms with van der Waals surface area (Å²) < 4.78 is 62.6. The Morgan fingerprint density at radius 1 is 1.22 bits per heavy atom. The zero-order valence-corrected chi connectivity index (χ0v) is 14.8. The predicted octanol–water partition coefficient (Wildman–Crippen LogP) is 2.35. The average Bonchev–Trinajstić information content (AvgIpc) is 3.02. The molecule has 1 unspecified atom stereocenters. The number of rotatable bonds is 5. The summed E-state index contributed by atoms with van der Waals surface area (Å²) >= 11 is 0. The molecule has 8 nitrogen and oxygen atoms in total. The van der Waals surface area contributed by atoms with Crippen LogP contribution in [0.3, 0.4) is 0 Å². The Labute approximate surface area is 152 Å². The molecular weight excluding hydrogens is 385 g/mol. The van der Waals surface area contributed by atoms with Gasteiger partial charge in [-0.15, -0.1) is 15.3 Å². The molecule has 3 aromatic rings. The summed E-state index contributed by atoms with van der Waals surface area (Å²) in [5.41, 5.74) is 0.558. The van der Waals surface area contributed by atoms with E-state index in [0.29, 0.717) is 16.5 Å². The lowest BCUT2D eigenvalue weighted by Gasteiger charge is -2.18. The Morgan fingerprint density at radius 3 is 2.59 bits per heavy atom. The first kappa shape index (κ1) is 19.0. The molecule has 0 saturated carbocycles. The van der Waals surface area contributed by atoms with Crippen molar-refractivity contribution in [2.75, 3.05) is 5.32 Å². The molecule has 0 aliphatic carbocycles. The molecule has 144 valence electrons. The summed E-state index contributed by atoms with van der Waals surface area (Å²) in [4.78, 5) is -0.0539. The van der Waals surface area contributed by atoms with Gasteiger partial charge >= 0.3 is 6.18 Å². The molecule has 27 heavy (non-hydrogen) atoms. The van der Waals surface area contributed by atoms with Crippen molar-refractivity contribution in [1.29, 1.82) is 0 Å². The van der Waals surface area contributed by atoms with Crippen LogP contribution >= 0.6 is 0 Å². The van der Waals surface area contributed by atoms with Crippen molar-refractivity contribution in [3.05, 3.63) is 47.8 Å². The predicted molar refractivity (Wildman–Crippen MR) is 90.3 cm³/mol. The first-order chi connectivity index (χ1) is 12.6. The van der Waals surface area contributed by atoms with Gasteiger partial charge in [0.05, 0.1) is 10.9 Å². The fourth-order valence-corrected chi connectivity index (χ4v) is 3.12. The second-order valence-electron chi connectivity index (χ2n) is 5.73. The minimum atomic E-state index is -4.70. The van der Waals surface area contributed by atoms with E-state index >= 15 is 0 Å². The lowest BCUT2D eigenvalue weighted by Crippen LogP contribution is -2.16. The first-order valence-corrected chi connectivity index (χ1v) is 9.33. The largest absolute Gasteiger partial charge is 0.453 e. The quantitative estimate of drug-likeness (QED) is 0.679. The van der Waals surface area contributed by atoms with E-state index in [1.165, 1.54) is 30.3 Å². The number of hydrogen-bond acceptors (Lipinski definition) is 6. The molecule has 12 heteroatoms. The maximum absolute atomic E-state index is 13.0. The third-order valence-electron chi connectivity index (χ3n) is 3.84. The maximum Gasteiger partial charge on any atom is 0.453 e. The minimum absolute atomic E-state index is 0.0443. The van der Waals surface area contributed by atoms with Crippen LogP contribution in [-0.4, -0.2) is 28.2 Å². The van der Waals surface area contributed by atoms with Gasteiger partial charge in [-0.25, -0.2) is 13.6 Å². The number of nitrogens with two attached hydrogens (primary N) is 1. The normalized spacial score (nSPS) is 13.7. The number of sulfonamides is 1. The Hall–Kier alpha value is -2.73. The molecule has 2 aromatic heterocycles. The van der Waals surface area contributed by atoms with E-state index in [9.17, 15) is 21.6 Å². The number of alkyl halides is 3. The van der Waals surface area contributed by atoms with Gasteiger partial charge < -0.3 is 5.32 Å². The SMILES string of the molecule is CCC(Nc1ccc2nnc(C(F)(F)F)n2n1)c1cccc(S(N)(=O)=O)c1. The summed E-state index contributed by atoms with van der Waals surface area (Å²) in [6, 6.07) is 8.42. The molecule has 1 atom stereocenters. The van der Waals surface area contributed by atoms with Crippen molar-refractivity contribution < 1.29 is 21.6 Å². The Morgan fingerprint density at radius 2 is 1.96 bits per heavy atom. The number of nitrogens with zero attached hydrogens (tertiary/aromatic N) is 4. The van der Waals surface area contributed by atoms with E-state index in [1.807, 2.05) is 6.92 Å². The lowest BCUT2D eigenvalue weighted by atomic mass is 10.0. The molecule has 0 aliphatic heterocycles. The topological polar surface area (TPSA) is 115 Å². The molecule has 0 fully saturated rings. The summed E-state index contributed by atoms with van der Waals surface area (Å²) in [6.45, 7) is 1.83. The fraction of sp³-hybridized carbons (Fsp3) is 0.267. The Bertz CT molecular complexity index is 1080. The summed E-state index contributed by atoms with van der Waals surface area (Å²) in [5, 5.41) is 18.6. The highest BCUT2D eigenvalue weighted by Gasteiger charge is 2.37. The molecule has 3 N–H and O–H groups in total. The van der Waals surface area contributed by atoms with E-state index in [-0.39, 0.29) is 16.4 Å². The maximum atomic E-state index is 13.0. The highest BCUT2D eigenvalue weighted by molar-refractivity contribution is 7.89. The zero-order chi connectivity index (χ0) is 19.8. The minimum Gasteiger partial charge on any atom is -0.362 e. The molecule has 0 saturated heterocycles. The number of hydrogen-bond donors (Lipinski definition) is 2. The molecule has 2 heterocycles. The summed E-state index contributed by atoms with van der Waals surface area (Å²) in [5.74, 6) is -1.08. The van der Waals surface area contributed by atoms with Crippen LogP contribution in [0, 0.1) is 0 Å². The van der Waals surface area contributed by atoms with E-state index in [2.05, 4.69) is 20.6 Å². The van der Waals surface area contributed by atoms with Crippen molar-refractivity contribution in [1.82, 2.24) is 19.8 Å². The van der Waals surface area contributed by atoms with Gasteiger partial charge in [0.1, 0.15) is 5.82 Å². The Kier molecular flexibility index (Phi) is 4.78. The van der Waals surface area contributed by atoms with Gasteiger partial charge in [0.25, 0.3) is 5.82 Å². The third kappa shape index (κ3) is 4.01. The molecule has 3 rings (SSSR count). The van der Waals surface area contributed by atoms with Gasteiger partial charge in [-0.05, 0) is 36.2 Å². The van der Waals surface area contributed by atoms with Gasteiger partial charge in [0, 0.05) is 0 Å². The zero-order valence-electron chi connectivity index (χ0n) is 14.0. The molecule has 0 amide bonds. The molecule has 0 radical (unpaired) electrons. The second kappa shape index (κ2) is 6.78. The average molecular weight is 400 g/mol. The third-order valence-corrected chi connectivity index (χ3v) is 4.75. The second-order valence-corrected chi connectivity index (χ2v) is 7.29. The number of nitrogens with one attached hydrogen (secondary N) is 1. The van der Waals surface area contributed by atoms with Gasteiger partial charge in [-0.1, -0.05) is 19.1 Å². The number of halogens is 3. The number of primary sulfonamides is 1. The van der Waals surface area contributed by atoms with Gasteiger partial charge in [-0.2, -0.15) is 17.7 Å². The smallest absolute Gasteiger partial charge is 0.362 e. The van der Waals surface area contributed by atoms with Crippen LogP contribution in [0.25, 0.3) is 5.65 Å². The molecule has 0 bridgehead atoms. The molecule has 0 spiro atoms. The van der Waals surface area contributed by atoms with Gasteiger partial charge in [-0.3, -0.25) is 0 Å². The highest BCUT2D eigenvalue weighted by atomic mass is 32.2. The standard InChI is InChI=1S/C15H15F3N6O2S/c1-2-11(9-4-3-5-10(8-9)27(19,25)26)20-12-6-7-13-21-22-14(15(16,17)18)24(13)23-12/h3-8,11H,2H2,1H3,(H,20,23)(H2,19,25,26).